The molecule has 1 aliphatic heterocycles. The van der Waals surface area contributed by atoms with Crippen LogP contribution >= 0.6 is 0 Å². The van der Waals surface area contributed by atoms with Crippen LogP contribution < -0.4 is 5.73 Å². The Balaban J connectivity index is 1.67. The molecular formula is C16H23NO. The largest absolute Gasteiger partial charge is 0.381 e. The fraction of sp³-hybridized carbons (Fsp3) is 0.625. The average Bonchev–Trinajstić information content (AvgIpc) is 2.38. The van der Waals surface area contributed by atoms with Crippen LogP contribution in [0.25, 0.3) is 0 Å². The summed E-state index contributed by atoms with van der Waals surface area (Å²) in [5.74, 6) is 1.31. The van der Waals surface area contributed by atoms with Gasteiger partial charge in [0.2, 0.25) is 0 Å². The van der Waals surface area contributed by atoms with Crippen molar-refractivity contribution < 1.29 is 4.74 Å². The third-order valence-corrected chi connectivity index (χ3v) is 4.60. The molecule has 1 aliphatic carbocycles. The van der Waals surface area contributed by atoms with Crippen molar-refractivity contribution in [2.75, 3.05) is 13.2 Å². The molecule has 0 radical (unpaired) electrons. The third-order valence-electron chi connectivity index (χ3n) is 4.60. The van der Waals surface area contributed by atoms with Gasteiger partial charge >= 0.3 is 0 Å². The van der Waals surface area contributed by atoms with E-state index in [9.17, 15) is 0 Å². The van der Waals surface area contributed by atoms with Crippen LogP contribution in [0, 0.1) is 5.92 Å². The van der Waals surface area contributed by atoms with Gasteiger partial charge in [-0.1, -0.05) is 30.7 Å². The first kappa shape index (κ1) is 12.2. The lowest BCUT2D eigenvalue weighted by Gasteiger charge is -2.29. The van der Waals surface area contributed by atoms with Crippen LogP contribution in [0.4, 0.5) is 0 Å². The maximum Gasteiger partial charge on any atom is 0.0512 e. The van der Waals surface area contributed by atoms with E-state index in [1.54, 1.807) is 0 Å². The molecule has 1 saturated carbocycles. The van der Waals surface area contributed by atoms with E-state index < -0.39 is 0 Å². The van der Waals surface area contributed by atoms with Crippen molar-refractivity contribution in [2.45, 2.75) is 44.1 Å². The minimum absolute atomic E-state index is 0.140. The van der Waals surface area contributed by atoms with E-state index in [0.29, 0.717) is 5.92 Å². The fourth-order valence-corrected chi connectivity index (χ4v) is 3.05. The molecule has 2 fully saturated rings. The second-order valence-corrected chi connectivity index (χ2v) is 5.80. The molecule has 3 rings (SSSR count). The van der Waals surface area contributed by atoms with Gasteiger partial charge in [0.05, 0.1) is 6.61 Å². The molecule has 2 N–H and O–H groups in total. The summed E-state index contributed by atoms with van der Waals surface area (Å²) in [6, 6.07) is 9.16. The van der Waals surface area contributed by atoms with Gasteiger partial charge in [-0.3, -0.25) is 0 Å². The highest BCUT2D eigenvalue weighted by Gasteiger charge is 2.23. The van der Waals surface area contributed by atoms with Crippen molar-refractivity contribution in [3.05, 3.63) is 35.4 Å². The van der Waals surface area contributed by atoms with Gasteiger partial charge in [-0.25, -0.2) is 0 Å². The number of hydrogen-bond donors (Lipinski definition) is 1. The zero-order valence-corrected chi connectivity index (χ0v) is 11.0. The Morgan fingerprint density at radius 3 is 2.39 bits per heavy atom. The molecule has 0 bridgehead atoms. The summed E-state index contributed by atoms with van der Waals surface area (Å²) in [6.45, 7) is 1.73. The molecule has 1 aromatic carbocycles. The van der Waals surface area contributed by atoms with Gasteiger partial charge in [0.15, 0.2) is 0 Å². The van der Waals surface area contributed by atoms with E-state index in [1.165, 1.54) is 36.8 Å². The Morgan fingerprint density at radius 1 is 1.06 bits per heavy atom. The van der Waals surface area contributed by atoms with E-state index >= 15 is 0 Å². The fourth-order valence-electron chi connectivity index (χ4n) is 3.05. The topological polar surface area (TPSA) is 35.2 Å². The van der Waals surface area contributed by atoms with Gasteiger partial charge < -0.3 is 10.5 Å². The van der Waals surface area contributed by atoms with Crippen molar-refractivity contribution in [3.8, 4) is 0 Å². The minimum Gasteiger partial charge on any atom is -0.381 e. The molecule has 2 atom stereocenters. The lowest BCUT2D eigenvalue weighted by atomic mass is 9.79. The molecule has 0 aromatic heterocycles. The number of rotatable bonds is 3. The second kappa shape index (κ2) is 5.41. The lowest BCUT2D eigenvalue weighted by Crippen LogP contribution is -2.29. The van der Waals surface area contributed by atoms with Crippen LogP contribution in [-0.2, 0) is 4.74 Å². The van der Waals surface area contributed by atoms with Crippen LogP contribution in [0.2, 0.25) is 0 Å². The molecule has 0 amide bonds. The van der Waals surface area contributed by atoms with Gasteiger partial charge in [0, 0.05) is 18.6 Å². The van der Waals surface area contributed by atoms with Gasteiger partial charge in [-0.15, -0.1) is 0 Å². The van der Waals surface area contributed by atoms with Crippen molar-refractivity contribution >= 4 is 0 Å². The normalized spacial score (nSPS) is 26.6. The van der Waals surface area contributed by atoms with Crippen molar-refractivity contribution in [2.24, 2.45) is 11.7 Å². The quantitative estimate of drug-likeness (QED) is 0.886. The SMILES string of the molecule is NC(c1ccc(C2CCC2)cc1)C1CCCOC1. The van der Waals surface area contributed by atoms with Gasteiger partial charge in [-0.05, 0) is 42.7 Å². The van der Waals surface area contributed by atoms with Crippen LogP contribution in [0.3, 0.4) is 0 Å². The van der Waals surface area contributed by atoms with Gasteiger partial charge in [0.1, 0.15) is 0 Å². The van der Waals surface area contributed by atoms with E-state index in [4.69, 9.17) is 10.5 Å². The molecule has 1 saturated heterocycles. The van der Waals surface area contributed by atoms with E-state index in [-0.39, 0.29) is 6.04 Å². The van der Waals surface area contributed by atoms with Crippen molar-refractivity contribution in [3.63, 3.8) is 0 Å². The zero-order chi connectivity index (χ0) is 12.4. The number of ether oxygens (including phenoxy) is 1. The van der Waals surface area contributed by atoms with E-state index in [1.807, 2.05) is 0 Å². The smallest absolute Gasteiger partial charge is 0.0512 e. The Labute approximate surface area is 110 Å². The number of benzene rings is 1. The molecule has 2 aliphatic rings. The maximum atomic E-state index is 6.36. The summed E-state index contributed by atoms with van der Waals surface area (Å²) in [5, 5.41) is 0. The maximum absolute atomic E-state index is 6.36. The lowest BCUT2D eigenvalue weighted by molar-refractivity contribution is 0.0447. The van der Waals surface area contributed by atoms with Crippen LogP contribution in [0.5, 0.6) is 0 Å². The third kappa shape index (κ3) is 2.45. The molecule has 0 spiro atoms. The standard InChI is InChI=1S/C16H23NO/c17-16(15-5-2-10-18-11-15)14-8-6-13(7-9-14)12-3-1-4-12/h6-9,12,15-16H,1-5,10-11,17H2. The monoisotopic (exact) mass is 245 g/mol. The average molecular weight is 245 g/mol. The second-order valence-electron chi connectivity index (χ2n) is 5.80. The molecule has 1 aromatic rings. The first-order valence-electron chi connectivity index (χ1n) is 7.28. The van der Waals surface area contributed by atoms with Crippen molar-refractivity contribution in [1.29, 1.82) is 0 Å². The summed E-state index contributed by atoms with van der Waals surface area (Å²) >= 11 is 0. The molecular weight excluding hydrogens is 222 g/mol. The van der Waals surface area contributed by atoms with Gasteiger partial charge in [0.25, 0.3) is 0 Å². The highest BCUT2D eigenvalue weighted by molar-refractivity contribution is 5.28. The molecule has 98 valence electrons. The summed E-state index contributed by atoms with van der Waals surface area (Å²) in [7, 11) is 0. The number of hydrogen-bond acceptors (Lipinski definition) is 2. The molecule has 18 heavy (non-hydrogen) atoms. The first-order valence-corrected chi connectivity index (χ1v) is 7.28. The van der Waals surface area contributed by atoms with E-state index in [2.05, 4.69) is 24.3 Å². The highest BCUT2D eigenvalue weighted by atomic mass is 16.5. The molecule has 1 heterocycles. The summed E-state index contributed by atoms with van der Waals surface area (Å²) in [6.07, 6.45) is 6.47. The first-order chi connectivity index (χ1) is 8.84. The summed E-state index contributed by atoms with van der Waals surface area (Å²) in [4.78, 5) is 0. The zero-order valence-electron chi connectivity index (χ0n) is 11.0. The van der Waals surface area contributed by atoms with Crippen LogP contribution in [0.15, 0.2) is 24.3 Å². The highest BCUT2D eigenvalue weighted by Crippen LogP contribution is 2.37. The summed E-state index contributed by atoms with van der Waals surface area (Å²) < 4.78 is 5.53. The molecule has 2 unspecified atom stereocenters. The minimum atomic E-state index is 0.140. The Hall–Kier alpha value is -0.860. The molecule has 2 heteroatoms. The summed E-state index contributed by atoms with van der Waals surface area (Å²) in [5.41, 5.74) is 9.13. The predicted octanol–water partition coefficient (Wildman–Crippen LogP) is 3.38. The van der Waals surface area contributed by atoms with Crippen LogP contribution in [0.1, 0.15) is 55.2 Å². The molecule has 2 nitrogen and oxygen atoms in total. The Morgan fingerprint density at radius 2 is 1.83 bits per heavy atom. The van der Waals surface area contributed by atoms with Crippen molar-refractivity contribution in [1.82, 2.24) is 0 Å². The predicted molar refractivity (Wildman–Crippen MR) is 73.5 cm³/mol. The Bertz CT molecular complexity index is 377. The number of nitrogens with two attached hydrogens (primary N) is 1. The van der Waals surface area contributed by atoms with Crippen LogP contribution in [-0.4, -0.2) is 13.2 Å². The van der Waals surface area contributed by atoms with Gasteiger partial charge in [-0.2, -0.15) is 0 Å². The Kier molecular flexibility index (Phi) is 3.67. The van der Waals surface area contributed by atoms with E-state index in [0.717, 1.165) is 25.6 Å².